The molecule has 0 amide bonds. The van der Waals surface area contributed by atoms with E-state index in [2.05, 4.69) is 5.32 Å². The number of nitro groups is 1. The molecule has 21 heavy (non-hydrogen) atoms. The molecule has 0 aromatic heterocycles. The Morgan fingerprint density at radius 1 is 1.24 bits per heavy atom. The number of benzene rings is 2. The Hall–Kier alpha value is -2.91. The van der Waals surface area contributed by atoms with Gasteiger partial charge in [0.25, 0.3) is 0 Å². The molecule has 6 heteroatoms. The van der Waals surface area contributed by atoms with Crippen LogP contribution in [0, 0.1) is 21.4 Å². The van der Waals surface area contributed by atoms with E-state index in [1.807, 2.05) is 18.2 Å². The zero-order chi connectivity index (χ0) is 15.2. The summed E-state index contributed by atoms with van der Waals surface area (Å²) in [4.78, 5) is 10.6. The molecule has 0 atom stereocenters. The van der Waals surface area contributed by atoms with E-state index < -0.39 is 4.92 Å². The third-order valence-corrected chi connectivity index (χ3v) is 2.86. The van der Waals surface area contributed by atoms with E-state index >= 15 is 0 Å². The number of nitriles is 1. The lowest BCUT2D eigenvalue weighted by atomic mass is 10.1. The van der Waals surface area contributed by atoms with Gasteiger partial charge in [0.05, 0.1) is 4.92 Å². The number of rotatable bonds is 5. The van der Waals surface area contributed by atoms with Gasteiger partial charge in [0.2, 0.25) is 5.75 Å². The van der Waals surface area contributed by atoms with Gasteiger partial charge < -0.3 is 10.1 Å². The van der Waals surface area contributed by atoms with Crippen LogP contribution in [0.25, 0.3) is 0 Å². The average Bonchev–Trinajstić information content (AvgIpc) is 2.49. The maximum atomic E-state index is 11.2. The van der Waals surface area contributed by atoms with Crippen molar-refractivity contribution in [1.82, 2.24) is 5.32 Å². The second kappa shape index (κ2) is 6.50. The van der Waals surface area contributed by atoms with Crippen molar-refractivity contribution < 1.29 is 9.66 Å². The summed E-state index contributed by atoms with van der Waals surface area (Å²) in [6, 6.07) is 13.5. The molecule has 2 rings (SSSR count). The van der Waals surface area contributed by atoms with Gasteiger partial charge in [0.1, 0.15) is 17.4 Å². The summed E-state index contributed by atoms with van der Waals surface area (Å²) < 4.78 is 5.66. The molecule has 0 fully saturated rings. The lowest BCUT2D eigenvalue weighted by Crippen LogP contribution is -2.06. The Bertz CT molecular complexity index is 708. The lowest BCUT2D eigenvalue weighted by molar-refractivity contribution is -0.385. The molecular formula is C15H13N3O3. The minimum Gasteiger partial charge on any atom is -0.450 e. The molecule has 2 aromatic rings. The van der Waals surface area contributed by atoms with Crippen LogP contribution in [0.15, 0.2) is 42.5 Å². The summed E-state index contributed by atoms with van der Waals surface area (Å²) in [6.07, 6.45) is 0. The van der Waals surface area contributed by atoms with Crippen molar-refractivity contribution in [1.29, 1.82) is 5.26 Å². The first-order valence-corrected chi connectivity index (χ1v) is 6.25. The monoisotopic (exact) mass is 283 g/mol. The van der Waals surface area contributed by atoms with Gasteiger partial charge in [-0.15, -0.1) is 0 Å². The summed E-state index contributed by atoms with van der Waals surface area (Å²) in [6.45, 7) is 0.571. The average molecular weight is 283 g/mol. The number of hydrogen-bond donors (Lipinski definition) is 1. The van der Waals surface area contributed by atoms with E-state index in [0.717, 1.165) is 5.56 Å². The normalized spacial score (nSPS) is 9.90. The Morgan fingerprint density at radius 3 is 2.62 bits per heavy atom. The highest BCUT2D eigenvalue weighted by Gasteiger charge is 2.21. The van der Waals surface area contributed by atoms with E-state index in [0.29, 0.717) is 12.3 Å². The fourth-order valence-electron chi connectivity index (χ4n) is 1.94. The molecule has 2 aromatic carbocycles. The first kappa shape index (κ1) is 14.5. The molecule has 0 aliphatic rings. The zero-order valence-electron chi connectivity index (χ0n) is 11.4. The van der Waals surface area contributed by atoms with Gasteiger partial charge in [0.15, 0.2) is 0 Å². The molecule has 0 bridgehead atoms. The Kier molecular flexibility index (Phi) is 4.49. The second-order valence-electron chi connectivity index (χ2n) is 4.26. The van der Waals surface area contributed by atoms with Crippen molar-refractivity contribution in [2.24, 2.45) is 0 Å². The number of nitro benzene ring substituents is 1. The van der Waals surface area contributed by atoms with Crippen molar-refractivity contribution >= 4 is 5.69 Å². The van der Waals surface area contributed by atoms with Gasteiger partial charge in [-0.25, -0.2) is 0 Å². The highest BCUT2D eigenvalue weighted by molar-refractivity contribution is 5.59. The number of ether oxygens (including phenoxy) is 1. The highest BCUT2D eigenvalue weighted by atomic mass is 16.6. The Labute approximate surface area is 121 Å². The van der Waals surface area contributed by atoms with Crippen LogP contribution in [0.3, 0.4) is 0 Å². The van der Waals surface area contributed by atoms with E-state index in [-0.39, 0.29) is 17.0 Å². The molecular weight excluding hydrogens is 270 g/mol. The van der Waals surface area contributed by atoms with E-state index in [9.17, 15) is 10.1 Å². The van der Waals surface area contributed by atoms with Crippen molar-refractivity contribution in [3.8, 4) is 17.6 Å². The maximum Gasteiger partial charge on any atom is 0.329 e. The van der Waals surface area contributed by atoms with Gasteiger partial charge in [-0.1, -0.05) is 24.3 Å². The lowest BCUT2D eigenvalue weighted by Gasteiger charge is -2.11. The quantitative estimate of drug-likeness (QED) is 0.673. The van der Waals surface area contributed by atoms with Crippen LogP contribution in [0.4, 0.5) is 5.69 Å². The number of para-hydroxylation sites is 2. The third-order valence-electron chi connectivity index (χ3n) is 2.86. The SMILES string of the molecule is CNCc1ccccc1Oc1cccc(C#N)c1[N+](=O)[O-]. The van der Waals surface area contributed by atoms with E-state index in [1.165, 1.54) is 12.1 Å². The molecule has 1 N–H and O–H groups in total. The molecule has 0 saturated heterocycles. The molecule has 0 heterocycles. The molecule has 0 aliphatic heterocycles. The summed E-state index contributed by atoms with van der Waals surface area (Å²) in [5.41, 5.74) is 0.527. The smallest absolute Gasteiger partial charge is 0.329 e. The number of nitrogens with zero attached hydrogens (tertiary/aromatic N) is 2. The minimum atomic E-state index is -0.603. The Balaban J connectivity index is 2.46. The molecule has 0 aliphatic carbocycles. The minimum absolute atomic E-state index is 0.0244. The fraction of sp³-hybridized carbons (Fsp3) is 0.133. The van der Waals surface area contributed by atoms with Crippen LogP contribution < -0.4 is 10.1 Å². The fourth-order valence-corrected chi connectivity index (χ4v) is 1.94. The molecule has 0 spiro atoms. The van der Waals surface area contributed by atoms with Gasteiger partial charge >= 0.3 is 5.69 Å². The summed E-state index contributed by atoms with van der Waals surface area (Å²) in [5, 5.41) is 23.1. The molecule has 6 nitrogen and oxygen atoms in total. The first-order chi connectivity index (χ1) is 10.2. The van der Waals surface area contributed by atoms with Crippen LogP contribution in [0.5, 0.6) is 11.5 Å². The van der Waals surface area contributed by atoms with Gasteiger partial charge in [-0.2, -0.15) is 5.26 Å². The van der Waals surface area contributed by atoms with Crippen LogP contribution in [0.1, 0.15) is 11.1 Å². The van der Waals surface area contributed by atoms with Crippen LogP contribution >= 0.6 is 0 Å². The molecule has 0 radical (unpaired) electrons. The van der Waals surface area contributed by atoms with E-state index in [4.69, 9.17) is 10.00 Å². The van der Waals surface area contributed by atoms with Crippen molar-refractivity contribution in [2.45, 2.75) is 6.54 Å². The van der Waals surface area contributed by atoms with Crippen molar-refractivity contribution in [3.63, 3.8) is 0 Å². The predicted molar refractivity (Wildman–Crippen MR) is 77.1 cm³/mol. The van der Waals surface area contributed by atoms with Crippen LogP contribution in [-0.4, -0.2) is 12.0 Å². The highest BCUT2D eigenvalue weighted by Crippen LogP contribution is 2.35. The standard InChI is InChI=1S/C15H13N3O3/c1-17-10-12-5-2-3-7-13(12)21-14-8-4-6-11(9-16)15(14)18(19)20/h2-8,17H,10H2,1H3. The first-order valence-electron chi connectivity index (χ1n) is 6.25. The van der Waals surface area contributed by atoms with Gasteiger partial charge in [0, 0.05) is 12.1 Å². The Morgan fingerprint density at radius 2 is 1.95 bits per heavy atom. The molecule has 106 valence electrons. The summed E-state index contributed by atoms with van der Waals surface area (Å²) in [5.74, 6) is 0.577. The van der Waals surface area contributed by atoms with E-state index in [1.54, 1.807) is 25.2 Å². The van der Waals surface area contributed by atoms with Crippen LogP contribution in [0.2, 0.25) is 0 Å². The topological polar surface area (TPSA) is 88.2 Å². The number of hydrogen-bond acceptors (Lipinski definition) is 5. The maximum absolute atomic E-state index is 11.2. The summed E-state index contributed by atoms with van der Waals surface area (Å²) in [7, 11) is 1.80. The molecule has 0 unspecified atom stereocenters. The predicted octanol–water partition coefficient (Wildman–Crippen LogP) is 2.98. The largest absolute Gasteiger partial charge is 0.450 e. The van der Waals surface area contributed by atoms with Gasteiger partial charge in [-0.3, -0.25) is 10.1 Å². The number of nitrogens with one attached hydrogen (secondary N) is 1. The van der Waals surface area contributed by atoms with Crippen molar-refractivity contribution in [3.05, 3.63) is 63.7 Å². The van der Waals surface area contributed by atoms with Crippen molar-refractivity contribution in [2.75, 3.05) is 7.05 Å². The second-order valence-corrected chi connectivity index (χ2v) is 4.26. The van der Waals surface area contributed by atoms with Gasteiger partial charge in [-0.05, 0) is 25.2 Å². The molecule has 0 saturated carbocycles. The van der Waals surface area contributed by atoms with Crippen LogP contribution in [-0.2, 0) is 6.54 Å². The third kappa shape index (κ3) is 3.16. The zero-order valence-corrected chi connectivity index (χ0v) is 11.4. The summed E-state index contributed by atoms with van der Waals surface area (Å²) >= 11 is 0.